The van der Waals surface area contributed by atoms with E-state index in [0.717, 1.165) is 5.56 Å². The van der Waals surface area contributed by atoms with Gasteiger partial charge in [0.1, 0.15) is 12.4 Å². The van der Waals surface area contributed by atoms with Crippen LogP contribution in [0.5, 0.6) is 11.5 Å². The van der Waals surface area contributed by atoms with Crippen LogP contribution >= 0.6 is 0 Å². The number of hydrogen-bond donors (Lipinski definition) is 1. The topological polar surface area (TPSA) is 71.1 Å². The number of fused-ring (bicyclic) bond motifs is 1. The zero-order chi connectivity index (χ0) is 21.1. The van der Waals surface area contributed by atoms with Gasteiger partial charge in [0.15, 0.2) is 11.5 Å². The van der Waals surface area contributed by atoms with Gasteiger partial charge in [0, 0.05) is 26.2 Å². The summed E-state index contributed by atoms with van der Waals surface area (Å²) in [6, 6.07) is 12.0. The van der Waals surface area contributed by atoms with Gasteiger partial charge in [0.25, 0.3) is 5.91 Å². The Bertz CT molecular complexity index is 944. The largest absolute Gasteiger partial charge is 0.485 e. The number of carbonyl (C=O) groups is 2. The number of nitrogens with zero attached hydrogens (tertiary/aromatic N) is 2. The Kier molecular flexibility index (Phi) is 5.85. The fraction of sp³-hybridized carbons (Fsp3) is 0.364. The Morgan fingerprint density at radius 3 is 2.57 bits per heavy atom. The molecule has 4 rings (SSSR count). The molecule has 7 nitrogen and oxygen atoms in total. The Balaban J connectivity index is 1.25. The highest BCUT2D eigenvalue weighted by molar-refractivity contribution is 5.92. The highest BCUT2D eigenvalue weighted by Crippen LogP contribution is 2.31. The highest BCUT2D eigenvalue weighted by Gasteiger charge is 2.32. The van der Waals surface area contributed by atoms with Gasteiger partial charge in [-0.2, -0.15) is 0 Å². The standard InChI is InChI=1S/C22H24FN3O4/c1-15-6-7-17(16(23)12-15)24-21(27)13-25-8-10-26(11-9-25)22(28)20-14-29-18-4-2-3-5-19(18)30-20/h2-7,12,20H,8-11,13-14H2,1H3,(H,24,27)/t20-/m1/s1. The summed E-state index contributed by atoms with van der Waals surface area (Å²) in [6.07, 6.45) is -0.667. The molecule has 1 saturated heterocycles. The lowest BCUT2D eigenvalue weighted by Gasteiger charge is -2.36. The molecule has 0 bridgehead atoms. The zero-order valence-electron chi connectivity index (χ0n) is 16.8. The van der Waals surface area contributed by atoms with Crippen molar-refractivity contribution in [3.63, 3.8) is 0 Å². The Labute approximate surface area is 174 Å². The van der Waals surface area contributed by atoms with Crippen LogP contribution in [0.2, 0.25) is 0 Å². The van der Waals surface area contributed by atoms with Crippen LogP contribution in [0.25, 0.3) is 0 Å². The van der Waals surface area contributed by atoms with Gasteiger partial charge in [-0.1, -0.05) is 18.2 Å². The molecule has 0 aromatic heterocycles. The first-order valence-electron chi connectivity index (χ1n) is 9.95. The highest BCUT2D eigenvalue weighted by atomic mass is 19.1. The lowest BCUT2D eigenvalue weighted by atomic mass is 10.2. The van der Waals surface area contributed by atoms with Crippen molar-refractivity contribution < 1.29 is 23.5 Å². The number of nitrogens with one attached hydrogen (secondary N) is 1. The van der Waals surface area contributed by atoms with E-state index in [1.54, 1.807) is 30.0 Å². The second kappa shape index (κ2) is 8.71. The number of anilines is 1. The molecule has 0 aliphatic carbocycles. The van der Waals surface area contributed by atoms with Crippen LogP contribution in [-0.2, 0) is 9.59 Å². The van der Waals surface area contributed by atoms with Crippen LogP contribution in [0.1, 0.15) is 5.56 Å². The first kappa shape index (κ1) is 20.2. The van der Waals surface area contributed by atoms with Crippen molar-refractivity contribution in [2.75, 3.05) is 44.6 Å². The summed E-state index contributed by atoms with van der Waals surface area (Å²) in [5.41, 5.74) is 0.969. The van der Waals surface area contributed by atoms with Crippen molar-refractivity contribution in [1.29, 1.82) is 0 Å². The first-order valence-corrected chi connectivity index (χ1v) is 9.95. The second-order valence-electron chi connectivity index (χ2n) is 7.50. The van der Waals surface area contributed by atoms with Gasteiger partial charge in [-0.15, -0.1) is 0 Å². The fourth-order valence-corrected chi connectivity index (χ4v) is 3.59. The van der Waals surface area contributed by atoms with E-state index in [1.165, 1.54) is 6.07 Å². The molecule has 2 amide bonds. The van der Waals surface area contributed by atoms with E-state index < -0.39 is 11.9 Å². The number of benzene rings is 2. The van der Waals surface area contributed by atoms with Crippen molar-refractivity contribution in [3.05, 3.63) is 53.8 Å². The van der Waals surface area contributed by atoms with Crippen molar-refractivity contribution in [3.8, 4) is 11.5 Å². The number of piperazine rings is 1. The van der Waals surface area contributed by atoms with E-state index in [-0.39, 0.29) is 30.7 Å². The molecule has 2 aromatic carbocycles. The number of ether oxygens (including phenoxy) is 2. The molecule has 30 heavy (non-hydrogen) atoms. The average Bonchev–Trinajstić information content (AvgIpc) is 2.75. The summed E-state index contributed by atoms with van der Waals surface area (Å²) in [7, 11) is 0. The summed E-state index contributed by atoms with van der Waals surface area (Å²) in [4.78, 5) is 28.7. The summed E-state index contributed by atoms with van der Waals surface area (Å²) in [5.74, 6) is 0.367. The van der Waals surface area contributed by atoms with Crippen LogP contribution in [0, 0.1) is 12.7 Å². The van der Waals surface area contributed by atoms with Gasteiger partial charge in [-0.05, 0) is 36.8 Å². The Morgan fingerprint density at radius 1 is 1.10 bits per heavy atom. The van der Waals surface area contributed by atoms with E-state index in [9.17, 15) is 14.0 Å². The van der Waals surface area contributed by atoms with Crippen molar-refractivity contribution in [1.82, 2.24) is 9.80 Å². The molecule has 0 radical (unpaired) electrons. The Hall–Kier alpha value is -3.13. The van der Waals surface area contributed by atoms with Crippen molar-refractivity contribution >= 4 is 17.5 Å². The second-order valence-corrected chi connectivity index (χ2v) is 7.50. The smallest absolute Gasteiger partial charge is 0.267 e. The van der Waals surface area contributed by atoms with Crippen LogP contribution in [0.4, 0.5) is 10.1 Å². The molecule has 1 atom stereocenters. The minimum absolute atomic E-state index is 0.115. The molecule has 1 fully saturated rings. The molecule has 158 valence electrons. The van der Waals surface area contributed by atoms with Gasteiger partial charge in [-0.3, -0.25) is 14.5 Å². The maximum Gasteiger partial charge on any atom is 0.267 e. The predicted octanol–water partition coefficient (Wildman–Crippen LogP) is 2.06. The molecule has 2 heterocycles. The van der Waals surface area contributed by atoms with Crippen LogP contribution < -0.4 is 14.8 Å². The third kappa shape index (κ3) is 4.54. The maximum absolute atomic E-state index is 13.9. The quantitative estimate of drug-likeness (QED) is 0.831. The number of aryl methyl sites for hydroxylation is 1. The molecule has 0 spiro atoms. The number of para-hydroxylation sites is 2. The van der Waals surface area contributed by atoms with E-state index >= 15 is 0 Å². The van der Waals surface area contributed by atoms with Gasteiger partial charge in [-0.25, -0.2) is 4.39 Å². The van der Waals surface area contributed by atoms with E-state index in [1.807, 2.05) is 23.1 Å². The molecule has 2 aliphatic heterocycles. The third-order valence-corrected chi connectivity index (χ3v) is 5.23. The predicted molar refractivity (Wildman–Crippen MR) is 109 cm³/mol. The van der Waals surface area contributed by atoms with Gasteiger partial charge < -0.3 is 19.7 Å². The molecule has 2 aliphatic rings. The van der Waals surface area contributed by atoms with Crippen molar-refractivity contribution in [2.45, 2.75) is 13.0 Å². The maximum atomic E-state index is 13.9. The first-order chi connectivity index (χ1) is 14.5. The number of amides is 2. The molecule has 1 N–H and O–H groups in total. The summed E-state index contributed by atoms with van der Waals surface area (Å²) in [5, 5.41) is 2.61. The minimum atomic E-state index is -0.667. The molecule has 2 aromatic rings. The summed E-state index contributed by atoms with van der Waals surface area (Å²) < 4.78 is 25.3. The SMILES string of the molecule is Cc1ccc(NC(=O)CN2CCN(C(=O)[C@H]3COc4ccccc4O3)CC2)c(F)c1. The molecule has 8 heteroatoms. The van der Waals surface area contributed by atoms with Gasteiger partial charge in [0.05, 0.1) is 12.2 Å². The van der Waals surface area contributed by atoms with Gasteiger partial charge in [0.2, 0.25) is 12.0 Å². The molecular formula is C22H24FN3O4. The summed E-state index contributed by atoms with van der Waals surface area (Å²) in [6.45, 7) is 4.21. The summed E-state index contributed by atoms with van der Waals surface area (Å²) >= 11 is 0. The minimum Gasteiger partial charge on any atom is -0.485 e. The fourth-order valence-electron chi connectivity index (χ4n) is 3.59. The van der Waals surface area contributed by atoms with Crippen molar-refractivity contribution in [2.24, 2.45) is 0 Å². The lowest BCUT2D eigenvalue weighted by molar-refractivity contribution is -0.143. The zero-order valence-corrected chi connectivity index (χ0v) is 16.8. The Morgan fingerprint density at radius 2 is 1.83 bits per heavy atom. The number of hydrogen-bond acceptors (Lipinski definition) is 5. The number of carbonyl (C=O) groups excluding carboxylic acids is 2. The monoisotopic (exact) mass is 413 g/mol. The van der Waals surface area contributed by atoms with Crippen LogP contribution in [0.3, 0.4) is 0 Å². The van der Waals surface area contributed by atoms with Crippen LogP contribution in [0.15, 0.2) is 42.5 Å². The van der Waals surface area contributed by atoms with Crippen LogP contribution in [-0.4, -0.2) is 67.0 Å². The normalized spacial score (nSPS) is 18.7. The third-order valence-electron chi connectivity index (χ3n) is 5.23. The molecule has 0 unspecified atom stereocenters. The van der Waals surface area contributed by atoms with E-state index in [4.69, 9.17) is 9.47 Å². The lowest BCUT2D eigenvalue weighted by Crippen LogP contribution is -2.54. The molecular weight excluding hydrogens is 389 g/mol. The van der Waals surface area contributed by atoms with E-state index in [0.29, 0.717) is 37.7 Å². The van der Waals surface area contributed by atoms with Gasteiger partial charge >= 0.3 is 0 Å². The molecule has 0 saturated carbocycles. The van der Waals surface area contributed by atoms with E-state index in [2.05, 4.69) is 5.32 Å². The number of halogens is 1. The average molecular weight is 413 g/mol. The number of rotatable bonds is 4.